The maximum Gasteiger partial charge on any atom is 0.236 e. The van der Waals surface area contributed by atoms with E-state index < -0.39 is 0 Å². The number of amides is 1. The summed E-state index contributed by atoms with van der Waals surface area (Å²) in [7, 11) is 0. The van der Waals surface area contributed by atoms with Crippen LogP contribution in [0.3, 0.4) is 0 Å². The Morgan fingerprint density at radius 1 is 1.31 bits per heavy atom. The predicted octanol–water partition coefficient (Wildman–Crippen LogP) is 7.18. The lowest BCUT2D eigenvalue weighted by atomic mass is 10.2. The van der Waals surface area contributed by atoms with Crippen molar-refractivity contribution in [2.75, 3.05) is 11.1 Å². The number of nitrogens with zero attached hydrogens (tertiary/aromatic N) is 4. The van der Waals surface area contributed by atoms with E-state index in [9.17, 15) is 4.79 Å². The highest BCUT2D eigenvalue weighted by atomic mass is 79.9. The van der Waals surface area contributed by atoms with Crippen molar-refractivity contribution in [3.8, 4) is 17.0 Å². The Bertz CT molecular complexity index is 1370. The average molecular weight is 605 g/mol. The van der Waals surface area contributed by atoms with Crippen molar-refractivity contribution in [3.63, 3.8) is 0 Å². The van der Waals surface area contributed by atoms with E-state index in [1.165, 1.54) is 23.1 Å². The van der Waals surface area contributed by atoms with Gasteiger partial charge in [0.25, 0.3) is 0 Å². The summed E-state index contributed by atoms with van der Waals surface area (Å²) < 4.78 is 8.97. The van der Waals surface area contributed by atoms with Gasteiger partial charge in [-0.3, -0.25) is 9.36 Å². The van der Waals surface area contributed by atoms with Crippen LogP contribution >= 0.6 is 50.6 Å². The van der Waals surface area contributed by atoms with Gasteiger partial charge in [0, 0.05) is 27.0 Å². The number of carbonyl (C=O) groups excluding carboxylic acids is 1. The van der Waals surface area contributed by atoms with Crippen LogP contribution in [0.2, 0.25) is 5.02 Å². The molecule has 0 radical (unpaired) electrons. The van der Waals surface area contributed by atoms with Crippen molar-refractivity contribution < 1.29 is 9.53 Å². The number of aryl methyl sites for hydroxylation is 1. The Labute approximate surface area is 231 Å². The lowest BCUT2D eigenvalue weighted by molar-refractivity contribution is -0.113. The molecule has 4 aromatic rings. The Kier molecular flexibility index (Phi) is 8.84. The first kappa shape index (κ1) is 26.4. The summed E-state index contributed by atoms with van der Waals surface area (Å²) >= 11 is 12.2. The Morgan fingerprint density at radius 3 is 2.81 bits per heavy atom. The number of nitrogens with one attached hydrogen (secondary N) is 1. The Balaban J connectivity index is 1.39. The van der Waals surface area contributed by atoms with Crippen LogP contribution in [0.5, 0.6) is 5.75 Å². The summed E-state index contributed by atoms with van der Waals surface area (Å²) in [6.45, 7) is 8.15. The minimum Gasteiger partial charge on any atom is -0.483 e. The molecule has 4 rings (SSSR count). The second-order valence-corrected chi connectivity index (χ2v) is 10.9. The zero-order chi connectivity index (χ0) is 25.7. The van der Waals surface area contributed by atoms with Crippen molar-refractivity contribution in [3.05, 3.63) is 81.4 Å². The predicted molar refractivity (Wildman–Crippen MR) is 150 cm³/mol. The van der Waals surface area contributed by atoms with Crippen LogP contribution in [0.15, 0.2) is 70.1 Å². The molecule has 0 saturated carbocycles. The number of thioether (sulfide) groups is 1. The summed E-state index contributed by atoms with van der Waals surface area (Å²) in [5.74, 6) is 1.32. The summed E-state index contributed by atoms with van der Waals surface area (Å²) in [5.41, 5.74) is 2.73. The monoisotopic (exact) mass is 603 g/mol. The third-order valence-electron chi connectivity index (χ3n) is 5.09. The van der Waals surface area contributed by atoms with Gasteiger partial charge in [-0.05, 0) is 49.7 Å². The standard InChI is InChI=1S/C25H23BrClN5O2S2/c1-4-11-32-23(16(3)34-19-9-10-20(27)15(2)12-19)30-31-25(32)36-14-22(33)29-24-28-21(13-35-24)17-5-7-18(26)8-6-17/h4-10,12-13,16H,1,11,14H2,2-3H3,(H,28,29,33). The number of anilines is 1. The number of hydrogen-bond donors (Lipinski definition) is 1. The molecule has 0 bridgehead atoms. The van der Waals surface area contributed by atoms with Crippen LogP contribution in [-0.4, -0.2) is 31.4 Å². The molecule has 2 aromatic heterocycles. The average Bonchev–Trinajstić information content (AvgIpc) is 3.48. The van der Waals surface area contributed by atoms with E-state index >= 15 is 0 Å². The van der Waals surface area contributed by atoms with Crippen LogP contribution in [0.4, 0.5) is 5.13 Å². The smallest absolute Gasteiger partial charge is 0.236 e. The molecule has 2 aromatic carbocycles. The number of allylic oxidation sites excluding steroid dienone is 1. The first-order valence-corrected chi connectivity index (χ1v) is 14.0. The summed E-state index contributed by atoms with van der Waals surface area (Å²) in [4.78, 5) is 17.1. The molecule has 7 nitrogen and oxygen atoms in total. The number of rotatable bonds is 10. The molecule has 2 heterocycles. The number of ether oxygens (including phenoxy) is 1. The van der Waals surface area contributed by atoms with Crippen LogP contribution in [0.25, 0.3) is 11.3 Å². The molecule has 0 spiro atoms. The highest BCUT2D eigenvalue weighted by Crippen LogP contribution is 2.29. The van der Waals surface area contributed by atoms with Crippen molar-refractivity contribution in [2.24, 2.45) is 0 Å². The highest BCUT2D eigenvalue weighted by Gasteiger charge is 2.20. The zero-order valence-electron chi connectivity index (χ0n) is 19.6. The summed E-state index contributed by atoms with van der Waals surface area (Å²) in [5, 5.41) is 15.2. The molecule has 1 unspecified atom stereocenters. The van der Waals surface area contributed by atoms with E-state index in [0.29, 0.717) is 33.4 Å². The van der Waals surface area contributed by atoms with Crippen LogP contribution < -0.4 is 10.1 Å². The van der Waals surface area contributed by atoms with Gasteiger partial charge in [0.15, 0.2) is 22.2 Å². The van der Waals surface area contributed by atoms with Gasteiger partial charge in [0.05, 0.1) is 11.4 Å². The van der Waals surface area contributed by atoms with Gasteiger partial charge in [0.1, 0.15) is 5.75 Å². The largest absolute Gasteiger partial charge is 0.483 e. The van der Waals surface area contributed by atoms with Crippen molar-refractivity contribution in [1.29, 1.82) is 0 Å². The molecule has 1 N–H and O–H groups in total. The summed E-state index contributed by atoms with van der Waals surface area (Å²) in [6, 6.07) is 13.4. The molecule has 1 atom stereocenters. The SMILES string of the molecule is C=CCn1c(SCC(=O)Nc2nc(-c3ccc(Br)cc3)cs2)nnc1C(C)Oc1ccc(Cl)c(C)c1. The molecular weight excluding hydrogens is 582 g/mol. The lowest BCUT2D eigenvalue weighted by Crippen LogP contribution is -2.15. The number of aromatic nitrogens is 4. The molecule has 0 aliphatic heterocycles. The van der Waals surface area contributed by atoms with Gasteiger partial charge in [0.2, 0.25) is 5.91 Å². The molecule has 0 saturated heterocycles. The normalized spacial score (nSPS) is 11.8. The Hall–Kier alpha value is -2.66. The van der Waals surface area contributed by atoms with E-state index in [0.717, 1.165) is 21.3 Å². The quantitative estimate of drug-likeness (QED) is 0.153. The van der Waals surface area contributed by atoms with E-state index in [-0.39, 0.29) is 17.8 Å². The van der Waals surface area contributed by atoms with Gasteiger partial charge < -0.3 is 10.1 Å². The van der Waals surface area contributed by atoms with Crippen molar-refractivity contribution in [1.82, 2.24) is 19.7 Å². The van der Waals surface area contributed by atoms with Gasteiger partial charge in [-0.15, -0.1) is 28.1 Å². The second-order valence-electron chi connectivity index (χ2n) is 7.79. The molecule has 36 heavy (non-hydrogen) atoms. The van der Waals surface area contributed by atoms with Gasteiger partial charge >= 0.3 is 0 Å². The van der Waals surface area contributed by atoms with Gasteiger partial charge in [-0.2, -0.15) is 0 Å². The fraction of sp³-hybridized carbons (Fsp3) is 0.200. The van der Waals surface area contributed by atoms with Crippen LogP contribution in [0, 0.1) is 6.92 Å². The minimum atomic E-state index is -0.367. The van der Waals surface area contributed by atoms with Crippen molar-refractivity contribution >= 4 is 61.7 Å². The number of benzene rings is 2. The third kappa shape index (κ3) is 6.56. The number of halogens is 2. The maximum atomic E-state index is 12.6. The number of carbonyl (C=O) groups is 1. The third-order valence-corrected chi connectivity index (χ3v) is 7.76. The van der Waals surface area contributed by atoms with Crippen LogP contribution in [-0.2, 0) is 11.3 Å². The van der Waals surface area contributed by atoms with E-state index in [1.54, 1.807) is 12.1 Å². The number of hydrogen-bond acceptors (Lipinski definition) is 7. The maximum absolute atomic E-state index is 12.6. The molecule has 0 fully saturated rings. The molecule has 11 heteroatoms. The molecule has 1 amide bonds. The first-order chi connectivity index (χ1) is 17.3. The van der Waals surface area contributed by atoms with Crippen LogP contribution in [0.1, 0.15) is 24.4 Å². The Morgan fingerprint density at radius 2 is 2.08 bits per heavy atom. The molecular formula is C25H23BrClN5O2S2. The second kappa shape index (κ2) is 12.1. The minimum absolute atomic E-state index is 0.161. The van der Waals surface area contributed by atoms with E-state index in [2.05, 4.69) is 43.0 Å². The highest BCUT2D eigenvalue weighted by molar-refractivity contribution is 9.10. The molecule has 0 aliphatic carbocycles. The fourth-order valence-corrected chi connectivity index (χ4v) is 5.20. The van der Waals surface area contributed by atoms with E-state index in [4.69, 9.17) is 16.3 Å². The molecule has 186 valence electrons. The molecule has 0 aliphatic rings. The van der Waals surface area contributed by atoms with Gasteiger partial charge in [-0.25, -0.2) is 4.98 Å². The van der Waals surface area contributed by atoms with E-state index in [1.807, 2.05) is 60.2 Å². The van der Waals surface area contributed by atoms with Gasteiger partial charge in [-0.1, -0.05) is 57.5 Å². The summed E-state index contributed by atoms with van der Waals surface area (Å²) in [6.07, 6.45) is 1.39. The first-order valence-electron chi connectivity index (χ1n) is 10.9. The number of thiazole rings is 1. The lowest BCUT2D eigenvalue weighted by Gasteiger charge is -2.16. The topological polar surface area (TPSA) is 81.9 Å². The zero-order valence-corrected chi connectivity index (χ0v) is 23.5. The fourth-order valence-electron chi connectivity index (χ4n) is 3.33. The van der Waals surface area contributed by atoms with Crippen molar-refractivity contribution in [2.45, 2.75) is 31.7 Å².